The van der Waals surface area contributed by atoms with Gasteiger partial charge < -0.3 is 23.7 Å². The van der Waals surface area contributed by atoms with Crippen LogP contribution in [-0.4, -0.2) is 71.9 Å². The second-order valence-corrected chi connectivity index (χ2v) is 5.54. The van der Waals surface area contributed by atoms with Gasteiger partial charge in [-0.3, -0.25) is 0 Å². The maximum atomic E-state index is 5.61. The van der Waals surface area contributed by atoms with Crippen LogP contribution in [-0.2, 0) is 23.7 Å². The van der Waals surface area contributed by atoms with Gasteiger partial charge in [-0.25, -0.2) is 0 Å². The minimum absolute atomic E-state index is 0.591. The van der Waals surface area contributed by atoms with Crippen molar-refractivity contribution < 1.29 is 23.7 Å². The molecule has 0 atom stereocenters. The molecule has 0 radical (unpaired) electrons. The van der Waals surface area contributed by atoms with Crippen LogP contribution >= 0.6 is 11.6 Å². The van der Waals surface area contributed by atoms with E-state index in [-0.39, 0.29) is 0 Å². The Hall–Kier alpha value is 0.0900. The number of halogens is 1. The molecule has 0 amide bonds. The third-order valence-electron chi connectivity index (χ3n) is 3.01. The van der Waals surface area contributed by atoms with E-state index in [2.05, 4.69) is 6.92 Å². The SMILES string of the molecule is CCCOCCOCCOCCOCCOCCCCCCCl. The van der Waals surface area contributed by atoms with Gasteiger partial charge in [0, 0.05) is 19.1 Å². The van der Waals surface area contributed by atoms with Gasteiger partial charge in [-0.2, -0.15) is 0 Å². The Labute approximate surface area is 146 Å². The number of unbranched alkanes of at least 4 members (excludes halogenated alkanes) is 3. The summed E-state index contributed by atoms with van der Waals surface area (Å²) in [5, 5.41) is 0. The van der Waals surface area contributed by atoms with Crippen molar-refractivity contribution in [1.82, 2.24) is 0 Å². The molecule has 0 aliphatic carbocycles. The van der Waals surface area contributed by atoms with E-state index in [4.69, 9.17) is 35.3 Å². The molecule has 6 heteroatoms. The van der Waals surface area contributed by atoms with Crippen molar-refractivity contribution in [3.05, 3.63) is 0 Å². The van der Waals surface area contributed by atoms with Crippen molar-refractivity contribution in [3.63, 3.8) is 0 Å². The van der Waals surface area contributed by atoms with E-state index in [1.165, 1.54) is 12.8 Å². The zero-order valence-electron chi connectivity index (χ0n) is 14.7. The average molecular weight is 355 g/mol. The molecule has 23 heavy (non-hydrogen) atoms. The van der Waals surface area contributed by atoms with Crippen LogP contribution in [0.15, 0.2) is 0 Å². The van der Waals surface area contributed by atoms with Crippen LogP contribution in [0.2, 0.25) is 0 Å². The minimum atomic E-state index is 0.591. The molecule has 0 aliphatic rings. The minimum Gasteiger partial charge on any atom is -0.379 e. The molecular formula is C17H35ClO5. The monoisotopic (exact) mass is 354 g/mol. The molecule has 0 spiro atoms. The molecule has 0 saturated heterocycles. The number of alkyl halides is 1. The lowest BCUT2D eigenvalue weighted by Crippen LogP contribution is -2.13. The maximum Gasteiger partial charge on any atom is 0.0701 e. The molecule has 0 heterocycles. The molecule has 0 aromatic heterocycles. The molecule has 140 valence electrons. The van der Waals surface area contributed by atoms with Crippen LogP contribution in [0.3, 0.4) is 0 Å². The van der Waals surface area contributed by atoms with Gasteiger partial charge in [0.2, 0.25) is 0 Å². The van der Waals surface area contributed by atoms with Crippen LogP contribution < -0.4 is 0 Å². The van der Waals surface area contributed by atoms with Crippen molar-refractivity contribution in [2.45, 2.75) is 39.0 Å². The smallest absolute Gasteiger partial charge is 0.0701 e. The first-order valence-corrected chi connectivity index (χ1v) is 9.40. The van der Waals surface area contributed by atoms with E-state index < -0.39 is 0 Å². The average Bonchev–Trinajstić information content (AvgIpc) is 2.57. The molecule has 5 nitrogen and oxygen atoms in total. The Bertz CT molecular complexity index is 187. The summed E-state index contributed by atoms with van der Waals surface area (Å²) >= 11 is 5.61. The Balaban J connectivity index is 2.92. The van der Waals surface area contributed by atoms with E-state index in [1.807, 2.05) is 0 Å². The third-order valence-corrected chi connectivity index (χ3v) is 3.28. The van der Waals surface area contributed by atoms with Crippen molar-refractivity contribution in [1.29, 1.82) is 0 Å². The van der Waals surface area contributed by atoms with Crippen LogP contribution in [0, 0.1) is 0 Å². The van der Waals surface area contributed by atoms with E-state index in [1.54, 1.807) is 0 Å². The molecular weight excluding hydrogens is 320 g/mol. The number of ether oxygens (including phenoxy) is 5. The number of hydrogen-bond donors (Lipinski definition) is 0. The van der Waals surface area contributed by atoms with Crippen molar-refractivity contribution in [2.24, 2.45) is 0 Å². The quantitative estimate of drug-likeness (QED) is 0.248. The Morgan fingerprint density at radius 3 is 1.30 bits per heavy atom. The van der Waals surface area contributed by atoms with E-state index in [9.17, 15) is 0 Å². The van der Waals surface area contributed by atoms with Crippen molar-refractivity contribution >= 4 is 11.6 Å². The summed E-state index contributed by atoms with van der Waals surface area (Å²) in [7, 11) is 0. The third kappa shape index (κ3) is 22.1. The predicted octanol–water partition coefficient (Wildman–Crippen LogP) is 3.28. The fraction of sp³-hybridized carbons (Fsp3) is 1.00. The standard InChI is InChI=1S/C17H35ClO5/c1-2-8-19-10-12-21-14-16-23-17-15-22-13-11-20-9-6-4-3-5-7-18/h2-17H2,1H3. The predicted molar refractivity (Wildman–Crippen MR) is 93.6 cm³/mol. The van der Waals surface area contributed by atoms with Gasteiger partial charge in [0.1, 0.15) is 0 Å². The normalized spacial score (nSPS) is 11.2. The first-order chi connectivity index (χ1) is 11.4. The maximum absolute atomic E-state index is 5.61. The van der Waals surface area contributed by atoms with Crippen LogP contribution in [0.4, 0.5) is 0 Å². The lowest BCUT2D eigenvalue weighted by molar-refractivity contribution is -0.0111. The van der Waals surface area contributed by atoms with Crippen molar-refractivity contribution in [3.8, 4) is 0 Å². The summed E-state index contributed by atoms with van der Waals surface area (Å²) in [6, 6.07) is 0. The highest BCUT2D eigenvalue weighted by Crippen LogP contribution is 2.01. The first kappa shape index (κ1) is 23.1. The van der Waals surface area contributed by atoms with Gasteiger partial charge in [0.05, 0.1) is 52.9 Å². The summed E-state index contributed by atoms with van der Waals surface area (Å²) in [6.45, 7) is 8.63. The lowest BCUT2D eigenvalue weighted by atomic mass is 10.2. The van der Waals surface area contributed by atoms with Gasteiger partial charge in [0.15, 0.2) is 0 Å². The van der Waals surface area contributed by atoms with Gasteiger partial charge in [-0.05, 0) is 19.3 Å². The molecule has 0 unspecified atom stereocenters. The molecule has 0 aromatic carbocycles. The summed E-state index contributed by atoms with van der Waals surface area (Å²) in [5.74, 6) is 0.760. The first-order valence-electron chi connectivity index (χ1n) is 8.86. The largest absolute Gasteiger partial charge is 0.379 e. The van der Waals surface area contributed by atoms with Gasteiger partial charge in [-0.15, -0.1) is 11.6 Å². The number of hydrogen-bond acceptors (Lipinski definition) is 5. The summed E-state index contributed by atoms with van der Waals surface area (Å²) < 4.78 is 27.0. The fourth-order valence-corrected chi connectivity index (χ4v) is 1.97. The van der Waals surface area contributed by atoms with Crippen LogP contribution in [0.1, 0.15) is 39.0 Å². The van der Waals surface area contributed by atoms with E-state index in [0.29, 0.717) is 52.9 Å². The highest BCUT2D eigenvalue weighted by molar-refractivity contribution is 6.17. The second kappa shape index (κ2) is 22.1. The second-order valence-electron chi connectivity index (χ2n) is 5.17. The topological polar surface area (TPSA) is 46.2 Å². The lowest BCUT2D eigenvalue weighted by Gasteiger charge is -2.07. The van der Waals surface area contributed by atoms with Crippen LogP contribution in [0.5, 0.6) is 0 Å². The van der Waals surface area contributed by atoms with Crippen LogP contribution in [0.25, 0.3) is 0 Å². The molecule has 0 N–H and O–H groups in total. The highest BCUT2D eigenvalue weighted by Gasteiger charge is 1.94. The van der Waals surface area contributed by atoms with E-state index >= 15 is 0 Å². The number of rotatable bonds is 20. The zero-order valence-corrected chi connectivity index (χ0v) is 15.5. The van der Waals surface area contributed by atoms with Gasteiger partial charge in [-0.1, -0.05) is 19.8 Å². The molecule has 0 rings (SSSR count). The zero-order chi connectivity index (χ0) is 16.8. The van der Waals surface area contributed by atoms with Gasteiger partial charge >= 0.3 is 0 Å². The summed E-state index contributed by atoms with van der Waals surface area (Å²) in [4.78, 5) is 0. The molecule has 0 fully saturated rings. The summed E-state index contributed by atoms with van der Waals surface area (Å²) in [5.41, 5.74) is 0. The Kier molecular flexibility index (Phi) is 22.2. The van der Waals surface area contributed by atoms with E-state index in [0.717, 1.165) is 38.4 Å². The fourth-order valence-electron chi connectivity index (χ4n) is 1.78. The Morgan fingerprint density at radius 2 is 0.870 bits per heavy atom. The molecule has 0 aliphatic heterocycles. The molecule has 0 bridgehead atoms. The molecule has 0 aromatic rings. The molecule has 0 saturated carbocycles. The Morgan fingerprint density at radius 1 is 0.478 bits per heavy atom. The summed E-state index contributed by atoms with van der Waals surface area (Å²) in [6.07, 6.45) is 5.62. The highest BCUT2D eigenvalue weighted by atomic mass is 35.5. The van der Waals surface area contributed by atoms with Crippen molar-refractivity contribution in [2.75, 3.05) is 71.9 Å². The van der Waals surface area contributed by atoms with Gasteiger partial charge in [0.25, 0.3) is 0 Å².